The molecule has 2 amide bonds. The van der Waals surface area contributed by atoms with Crippen molar-refractivity contribution in [2.45, 2.75) is 45.3 Å². The van der Waals surface area contributed by atoms with E-state index in [-0.39, 0.29) is 36.4 Å². The molecular formula is C31H37Cl2N3O6S. The van der Waals surface area contributed by atoms with Crippen LogP contribution in [0.3, 0.4) is 0 Å². The molecule has 0 heterocycles. The van der Waals surface area contributed by atoms with Gasteiger partial charge in [-0.1, -0.05) is 66.5 Å². The molecule has 3 rings (SSSR count). The van der Waals surface area contributed by atoms with E-state index in [9.17, 15) is 18.0 Å². The van der Waals surface area contributed by atoms with Crippen LogP contribution < -0.4 is 19.1 Å². The van der Waals surface area contributed by atoms with Crippen molar-refractivity contribution in [3.8, 4) is 11.5 Å². The molecule has 0 radical (unpaired) electrons. The summed E-state index contributed by atoms with van der Waals surface area (Å²) in [6, 6.07) is 17.7. The van der Waals surface area contributed by atoms with Crippen LogP contribution in [0.2, 0.25) is 10.0 Å². The van der Waals surface area contributed by atoms with Crippen molar-refractivity contribution >= 4 is 50.7 Å². The van der Waals surface area contributed by atoms with E-state index in [2.05, 4.69) is 5.32 Å². The number of nitrogens with one attached hydrogen (secondary N) is 1. The molecule has 0 saturated heterocycles. The van der Waals surface area contributed by atoms with Gasteiger partial charge in [-0.3, -0.25) is 13.9 Å². The second kappa shape index (κ2) is 15.3. The topological polar surface area (TPSA) is 105 Å². The molecule has 3 aromatic carbocycles. The Morgan fingerprint density at radius 3 is 2.16 bits per heavy atom. The quantitative estimate of drug-likeness (QED) is 0.253. The number of carbonyl (C=O) groups is 2. The highest BCUT2D eigenvalue weighted by atomic mass is 35.5. The molecule has 0 bridgehead atoms. The molecule has 0 saturated carbocycles. The van der Waals surface area contributed by atoms with E-state index in [1.165, 1.54) is 25.2 Å². The van der Waals surface area contributed by atoms with Crippen molar-refractivity contribution in [1.82, 2.24) is 10.2 Å². The maximum absolute atomic E-state index is 14.3. The average molecular weight is 651 g/mol. The van der Waals surface area contributed by atoms with E-state index in [4.69, 9.17) is 32.7 Å². The van der Waals surface area contributed by atoms with Gasteiger partial charge in [0.05, 0.1) is 26.2 Å². The molecule has 0 aliphatic heterocycles. The maximum atomic E-state index is 14.3. The van der Waals surface area contributed by atoms with Gasteiger partial charge in [0.15, 0.2) is 0 Å². The van der Waals surface area contributed by atoms with Gasteiger partial charge in [0, 0.05) is 40.7 Å². The number of benzene rings is 3. The Labute approximate surface area is 263 Å². The Kier molecular flexibility index (Phi) is 12.1. The highest BCUT2D eigenvalue weighted by molar-refractivity contribution is 7.92. The molecular weight excluding hydrogens is 613 g/mol. The van der Waals surface area contributed by atoms with Crippen LogP contribution in [0.25, 0.3) is 0 Å². The van der Waals surface area contributed by atoms with E-state index < -0.39 is 28.5 Å². The molecule has 0 aromatic heterocycles. The highest BCUT2D eigenvalue weighted by Gasteiger charge is 2.35. The molecule has 9 nitrogen and oxygen atoms in total. The van der Waals surface area contributed by atoms with Crippen molar-refractivity contribution in [1.29, 1.82) is 0 Å². The number of nitrogens with zero attached hydrogens (tertiary/aromatic N) is 2. The van der Waals surface area contributed by atoms with Crippen molar-refractivity contribution in [3.05, 3.63) is 87.9 Å². The van der Waals surface area contributed by atoms with Crippen LogP contribution in [0.5, 0.6) is 11.5 Å². The lowest BCUT2D eigenvalue weighted by molar-refractivity contribution is -0.140. The number of anilines is 1. The first kappa shape index (κ1) is 34.0. The first-order chi connectivity index (χ1) is 20.4. The number of carbonyl (C=O) groups excluding carboxylic acids is 2. The Hall–Kier alpha value is -3.47. The number of ether oxygens (including phenoxy) is 2. The minimum atomic E-state index is -4.02. The summed E-state index contributed by atoms with van der Waals surface area (Å²) in [6.07, 6.45) is 1.83. The third-order valence-corrected chi connectivity index (χ3v) is 8.83. The SMILES string of the molecule is CC[C@@H](C)NC(=O)[C@@H](Cc1ccccc1)N(Cc1c(Cl)cccc1Cl)C(=O)CN(c1cc(OC)ccc1OC)S(C)(=O)=O. The number of hydrogen-bond donors (Lipinski definition) is 1. The molecule has 2 atom stereocenters. The minimum Gasteiger partial charge on any atom is -0.497 e. The van der Waals surface area contributed by atoms with Crippen LogP contribution in [0.1, 0.15) is 31.4 Å². The Bertz CT molecular complexity index is 1500. The summed E-state index contributed by atoms with van der Waals surface area (Å²) in [5.74, 6) is -0.451. The summed E-state index contributed by atoms with van der Waals surface area (Å²) in [5.41, 5.74) is 1.35. The molecule has 0 aliphatic rings. The maximum Gasteiger partial charge on any atom is 0.244 e. The number of amides is 2. The molecule has 43 heavy (non-hydrogen) atoms. The summed E-state index contributed by atoms with van der Waals surface area (Å²) in [5, 5.41) is 3.59. The summed E-state index contributed by atoms with van der Waals surface area (Å²) < 4.78 is 37.9. The van der Waals surface area contributed by atoms with E-state index >= 15 is 0 Å². The first-order valence-corrected chi connectivity index (χ1v) is 16.3. The predicted octanol–water partition coefficient (Wildman–Crippen LogP) is 5.33. The summed E-state index contributed by atoms with van der Waals surface area (Å²) >= 11 is 13.0. The monoisotopic (exact) mass is 649 g/mol. The predicted molar refractivity (Wildman–Crippen MR) is 171 cm³/mol. The van der Waals surface area contributed by atoms with Gasteiger partial charge in [0.2, 0.25) is 21.8 Å². The molecule has 0 fully saturated rings. The van der Waals surface area contributed by atoms with E-state index in [1.807, 2.05) is 44.2 Å². The van der Waals surface area contributed by atoms with Crippen LogP contribution in [0, 0.1) is 0 Å². The zero-order chi connectivity index (χ0) is 31.7. The van der Waals surface area contributed by atoms with Crippen molar-refractivity contribution < 1.29 is 27.5 Å². The fourth-order valence-corrected chi connectivity index (χ4v) is 5.80. The fraction of sp³-hybridized carbons (Fsp3) is 0.355. The lowest BCUT2D eigenvalue weighted by Crippen LogP contribution is -2.54. The van der Waals surface area contributed by atoms with Gasteiger partial charge < -0.3 is 19.7 Å². The van der Waals surface area contributed by atoms with Gasteiger partial charge in [0.1, 0.15) is 24.1 Å². The van der Waals surface area contributed by atoms with Crippen LogP contribution >= 0.6 is 23.2 Å². The third kappa shape index (κ3) is 9.01. The van der Waals surface area contributed by atoms with Crippen molar-refractivity contribution in [2.24, 2.45) is 0 Å². The van der Waals surface area contributed by atoms with Crippen LogP contribution in [0.15, 0.2) is 66.7 Å². The second-order valence-electron chi connectivity index (χ2n) is 10.1. The molecule has 1 N–H and O–H groups in total. The number of sulfonamides is 1. The minimum absolute atomic E-state index is 0.108. The Morgan fingerprint density at radius 2 is 1.60 bits per heavy atom. The van der Waals surface area contributed by atoms with E-state index in [0.29, 0.717) is 27.8 Å². The summed E-state index contributed by atoms with van der Waals surface area (Å²) in [6.45, 7) is 3.03. The van der Waals surface area contributed by atoms with Gasteiger partial charge in [-0.05, 0) is 43.2 Å². The number of hydrogen-bond acceptors (Lipinski definition) is 6. The molecule has 0 unspecified atom stereocenters. The third-order valence-electron chi connectivity index (χ3n) is 7.00. The Morgan fingerprint density at radius 1 is 0.953 bits per heavy atom. The fourth-order valence-electron chi connectivity index (χ4n) is 4.44. The van der Waals surface area contributed by atoms with E-state index in [1.54, 1.807) is 30.3 Å². The van der Waals surface area contributed by atoms with Gasteiger partial charge in [-0.15, -0.1) is 0 Å². The number of halogens is 2. The summed E-state index contributed by atoms with van der Waals surface area (Å²) in [7, 11) is -1.18. The lowest BCUT2D eigenvalue weighted by atomic mass is 10.0. The van der Waals surface area contributed by atoms with Crippen molar-refractivity contribution in [3.63, 3.8) is 0 Å². The lowest BCUT2D eigenvalue weighted by Gasteiger charge is -2.34. The van der Waals surface area contributed by atoms with Gasteiger partial charge >= 0.3 is 0 Å². The Balaban J connectivity index is 2.16. The van der Waals surface area contributed by atoms with Gasteiger partial charge in [-0.2, -0.15) is 0 Å². The molecule has 232 valence electrons. The zero-order valence-electron chi connectivity index (χ0n) is 24.8. The van der Waals surface area contributed by atoms with Gasteiger partial charge in [-0.25, -0.2) is 8.42 Å². The van der Waals surface area contributed by atoms with Crippen LogP contribution in [0.4, 0.5) is 5.69 Å². The average Bonchev–Trinajstić information content (AvgIpc) is 2.98. The standard InChI is InChI=1S/C31H37Cl2N3O6S/c1-6-21(2)34-31(38)28(17-22-11-8-7-9-12-22)35(19-24-25(32)13-10-14-26(24)33)30(37)20-36(43(5,39)40)27-18-23(41-3)15-16-29(27)42-4/h7-16,18,21,28H,6,17,19-20H2,1-5H3,(H,34,38)/t21-,28-/m1/s1. The van der Waals surface area contributed by atoms with Crippen LogP contribution in [-0.2, 0) is 32.6 Å². The van der Waals surface area contributed by atoms with Crippen LogP contribution in [-0.4, -0.2) is 64.2 Å². The van der Waals surface area contributed by atoms with E-state index in [0.717, 1.165) is 16.1 Å². The molecule has 0 spiro atoms. The van der Waals surface area contributed by atoms with Crippen molar-refractivity contribution in [2.75, 3.05) is 31.3 Å². The zero-order valence-corrected chi connectivity index (χ0v) is 27.2. The molecule has 12 heteroatoms. The second-order valence-corrected chi connectivity index (χ2v) is 12.8. The smallest absolute Gasteiger partial charge is 0.244 e. The summed E-state index contributed by atoms with van der Waals surface area (Å²) in [4.78, 5) is 29.5. The molecule has 0 aliphatic carbocycles. The number of methoxy groups -OCH3 is 2. The van der Waals surface area contributed by atoms with Gasteiger partial charge in [0.25, 0.3) is 0 Å². The normalized spacial score (nSPS) is 12.6. The first-order valence-electron chi connectivity index (χ1n) is 13.7. The highest BCUT2D eigenvalue weighted by Crippen LogP contribution is 2.34. The molecule has 3 aromatic rings. The largest absolute Gasteiger partial charge is 0.497 e. The number of rotatable bonds is 14.